The molecule has 0 aliphatic carbocycles. The van der Waals surface area contributed by atoms with Crippen LogP contribution in [0.15, 0.2) is 10.6 Å². The standard InChI is InChI=1S/C4H6P2.Y/c1-3(5)4(2)6;/h1-2H,5-6H2;/q-2;/i1T,2T;. The molecular weight excluding hydrogens is 199 g/mol. The Bertz CT molecular complexity index is 117. The maximum Gasteiger partial charge on any atom is 0 e. The minimum Gasteiger partial charge on any atom is -0.386 e. The molecule has 1 radical (unpaired) electrons. The van der Waals surface area contributed by atoms with Crippen LogP contribution in [0.3, 0.4) is 0 Å². The van der Waals surface area contributed by atoms with Crippen molar-refractivity contribution in [2.24, 2.45) is 0 Å². The predicted octanol–water partition coefficient (Wildman–Crippen LogP) is 1.37. The minimum atomic E-state index is 0. The monoisotopic (exact) mass is 209 g/mol. The van der Waals surface area contributed by atoms with E-state index in [1.165, 1.54) is 0 Å². The topological polar surface area (TPSA) is 0 Å². The van der Waals surface area contributed by atoms with Crippen molar-refractivity contribution in [2.75, 3.05) is 0 Å². The average molecular weight is 209 g/mol. The Kier molecular flexibility index (Phi) is 5.23. The van der Waals surface area contributed by atoms with Gasteiger partial charge < -0.3 is 23.7 Å². The van der Waals surface area contributed by atoms with E-state index in [1.54, 1.807) is 0 Å². The Morgan fingerprint density at radius 1 is 1.29 bits per heavy atom. The van der Waals surface area contributed by atoms with E-state index in [-0.39, 0.29) is 32.7 Å². The number of rotatable bonds is 1. The molecule has 2 atom stereocenters. The molecule has 3 heteroatoms. The van der Waals surface area contributed by atoms with Gasteiger partial charge in [-0.1, -0.05) is 0 Å². The van der Waals surface area contributed by atoms with Crippen LogP contribution in [-0.2, 0) is 32.7 Å². The summed E-state index contributed by atoms with van der Waals surface area (Å²) in [4.78, 5) is 0. The Hall–Kier alpha value is 1.44. The van der Waals surface area contributed by atoms with Crippen LogP contribution in [0, 0.1) is 13.1 Å². The van der Waals surface area contributed by atoms with Crippen molar-refractivity contribution in [2.45, 2.75) is 0 Å². The van der Waals surface area contributed by atoms with E-state index in [4.69, 9.17) is 2.74 Å². The fourth-order valence-corrected chi connectivity index (χ4v) is 0. The van der Waals surface area contributed by atoms with Crippen LogP contribution in [0.5, 0.6) is 0 Å². The third kappa shape index (κ3) is 7.44. The van der Waals surface area contributed by atoms with Crippen molar-refractivity contribution in [1.29, 1.82) is 0 Å². The van der Waals surface area contributed by atoms with Crippen LogP contribution >= 0.6 is 18.5 Å². The first-order valence-electron chi connectivity index (χ1n) is 2.33. The molecule has 0 aromatic rings. The van der Waals surface area contributed by atoms with Gasteiger partial charge in [0.15, 0.2) is 0 Å². The van der Waals surface area contributed by atoms with Gasteiger partial charge in [0.05, 0.1) is 0 Å². The molecule has 0 aliphatic rings. The second-order valence-corrected chi connectivity index (χ2v) is 1.98. The van der Waals surface area contributed by atoms with Crippen LogP contribution in [0.1, 0.15) is 2.74 Å². The summed E-state index contributed by atoms with van der Waals surface area (Å²) in [5.41, 5.74) is 0. The second kappa shape index (κ2) is 5.58. The number of hydrogen-bond acceptors (Lipinski definition) is 0. The maximum atomic E-state index is 6.58. The largest absolute Gasteiger partial charge is 0.386 e. The number of allylic oxidation sites excluding steroid dienone is 2. The molecule has 7 heavy (non-hydrogen) atoms. The van der Waals surface area contributed by atoms with E-state index in [0.29, 0.717) is 10.6 Å². The molecule has 0 heterocycles. The summed E-state index contributed by atoms with van der Waals surface area (Å²) in [7, 11) is 4.54. The predicted molar refractivity (Wildman–Crippen MR) is 35.0 cm³/mol. The molecule has 0 saturated carbocycles. The van der Waals surface area contributed by atoms with E-state index in [9.17, 15) is 0 Å². The summed E-state index contributed by atoms with van der Waals surface area (Å²) in [6, 6.07) is 0. The van der Waals surface area contributed by atoms with Gasteiger partial charge in [0.25, 0.3) is 0 Å². The SMILES string of the molecule is [3H][C-]=C(P)C(P)=[C-][3H].[Y]. The van der Waals surface area contributed by atoms with Crippen LogP contribution < -0.4 is 0 Å². The van der Waals surface area contributed by atoms with Crippen LogP contribution in [0.4, 0.5) is 0 Å². The Morgan fingerprint density at radius 3 is 1.71 bits per heavy atom. The second-order valence-electron chi connectivity index (χ2n) is 0.827. The molecule has 0 N–H and O–H groups in total. The summed E-state index contributed by atoms with van der Waals surface area (Å²) < 4.78 is 13.2. The summed E-state index contributed by atoms with van der Waals surface area (Å²) in [5, 5.41) is 1.09. The first-order chi connectivity index (χ1) is 3.72. The van der Waals surface area contributed by atoms with Gasteiger partial charge in [-0.2, -0.15) is 0 Å². The van der Waals surface area contributed by atoms with E-state index in [2.05, 4.69) is 31.6 Å². The van der Waals surface area contributed by atoms with Crippen molar-refractivity contribution >= 4 is 18.5 Å². The summed E-state index contributed by atoms with van der Waals surface area (Å²) >= 11 is 0. The molecule has 0 fully saturated rings. The summed E-state index contributed by atoms with van der Waals surface area (Å²) in [6.45, 7) is 4.21. The van der Waals surface area contributed by atoms with Gasteiger partial charge in [-0.05, 0) is 0 Å². The van der Waals surface area contributed by atoms with Gasteiger partial charge in [-0.3, -0.25) is 0 Å². The van der Waals surface area contributed by atoms with E-state index in [1.807, 2.05) is 0 Å². The van der Waals surface area contributed by atoms with E-state index < -0.39 is 0 Å². The maximum absolute atomic E-state index is 6.58. The average Bonchev–Trinajstić information content (AvgIpc) is 1.84. The van der Waals surface area contributed by atoms with Crippen LogP contribution in [0.25, 0.3) is 0 Å². The zero-order chi connectivity index (χ0) is 6.57. The molecule has 0 bridgehead atoms. The Labute approximate surface area is 77.3 Å². The molecule has 0 saturated heterocycles. The van der Waals surface area contributed by atoms with Crippen LogP contribution in [-0.4, -0.2) is 0 Å². The third-order valence-corrected chi connectivity index (χ3v) is 1.25. The smallest absolute Gasteiger partial charge is 0 e. The first-order valence-corrected chi connectivity index (χ1v) is 2.48. The molecule has 0 rings (SSSR count). The summed E-state index contributed by atoms with van der Waals surface area (Å²) in [6.07, 6.45) is 0. The molecule has 0 amide bonds. The zero-order valence-corrected chi connectivity index (χ0v) is 8.88. The van der Waals surface area contributed by atoms with Gasteiger partial charge in [0.1, 0.15) is 0 Å². The van der Waals surface area contributed by atoms with Crippen molar-refractivity contribution < 1.29 is 35.5 Å². The summed E-state index contributed by atoms with van der Waals surface area (Å²) in [5.74, 6) is 0. The minimum absolute atomic E-state index is 0. The third-order valence-electron chi connectivity index (χ3n) is 0.290. The van der Waals surface area contributed by atoms with E-state index >= 15 is 0 Å². The fourth-order valence-electron chi connectivity index (χ4n) is 0. The molecule has 0 aliphatic heterocycles. The van der Waals surface area contributed by atoms with Crippen molar-refractivity contribution in [3.8, 4) is 0 Å². The molecule has 0 nitrogen and oxygen atoms in total. The van der Waals surface area contributed by atoms with Gasteiger partial charge >= 0.3 is 0 Å². The molecule has 37 valence electrons. The molecule has 2 unspecified atom stereocenters. The molecule has 0 spiro atoms. The van der Waals surface area contributed by atoms with Gasteiger partial charge in [0.2, 0.25) is 0 Å². The van der Waals surface area contributed by atoms with Gasteiger partial charge in [-0.15, -0.1) is 2.74 Å². The molecule has 0 aromatic heterocycles. The number of hydrogen-bond donors (Lipinski definition) is 0. The normalized spacial score (nSPS) is 16.9. The van der Waals surface area contributed by atoms with E-state index in [0.717, 1.165) is 0 Å². The Morgan fingerprint density at radius 2 is 1.57 bits per heavy atom. The zero-order valence-electron chi connectivity index (χ0n) is 5.73. The van der Waals surface area contributed by atoms with Gasteiger partial charge in [-0.25, -0.2) is 18.5 Å². The Balaban J connectivity index is 0. The molecule has 0 aromatic carbocycles. The van der Waals surface area contributed by atoms with Gasteiger partial charge in [0, 0.05) is 32.7 Å². The quantitative estimate of drug-likeness (QED) is 0.347. The van der Waals surface area contributed by atoms with Crippen molar-refractivity contribution in [1.82, 2.24) is 0 Å². The van der Waals surface area contributed by atoms with Crippen LogP contribution in [0.2, 0.25) is 0 Å². The van der Waals surface area contributed by atoms with Crippen molar-refractivity contribution in [3.05, 3.63) is 23.7 Å². The molecular formula is C4H6P2Y-2. The fraction of sp³-hybridized carbons (Fsp3) is 0. The first kappa shape index (κ1) is 6.56. The van der Waals surface area contributed by atoms with Crippen molar-refractivity contribution in [3.63, 3.8) is 0 Å².